The van der Waals surface area contributed by atoms with Crippen LogP contribution in [0.4, 0.5) is 0 Å². The zero-order valence-corrected chi connectivity index (χ0v) is 13.5. The fourth-order valence-corrected chi connectivity index (χ4v) is 3.54. The molecule has 2 aromatic rings. The van der Waals surface area contributed by atoms with Crippen LogP contribution in [-0.4, -0.2) is 13.1 Å². The van der Waals surface area contributed by atoms with E-state index in [-0.39, 0.29) is 0 Å². The van der Waals surface area contributed by atoms with Gasteiger partial charge < -0.3 is 5.32 Å². The molecule has 0 bridgehead atoms. The van der Waals surface area contributed by atoms with Crippen LogP contribution in [0.5, 0.6) is 0 Å². The summed E-state index contributed by atoms with van der Waals surface area (Å²) in [6.45, 7) is 0. The Balaban J connectivity index is 1.71. The predicted molar refractivity (Wildman–Crippen MR) is 90.3 cm³/mol. The van der Waals surface area contributed by atoms with Gasteiger partial charge in [-0.15, -0.1) is 0 Å². The lowest BCUT2D eigenvalue weighted by Gasteiger charge is -2.17. The number of likely N-dealkylation sites (N-methyl/N-ethyl adjacent to an activating group) is 1. The topological polar surface area (TPSA) is 12.0 Å². The van der Waals surface area contributed by atoms with Crippen molar-refractivity contribution in [3.05, 3.63) is 69.7 Å². The van der Waals surface area contributed by atoms with Gasteiger partial charge in [0.25, 0.3) is 0 Å². The van der Waals surface area contributed by atoms with E-state index in [1.54, 1.807) is 0 Å². The summed E-state index contributed by atoms with van der Waals surface area (Å²) in [6, 6.07) is 16.9. The number of nitrogens with one attached hydrogen (secondary N) is 1. The molecule has 0 spiro atoms. The summed E-state index contributed by atoms with van der Waals surface area (Å²) in [6.07, 6.45) is 2.16. The molecule has 0 aliphatic heterocycles. The number of hydrogen-bond donors (Lipinski definition) is 1. The molecule has 0 aromatic heterocycles. The van der Waals surface area contributed by atoms with Crippen molar-refractivity contribution >= 4 is 23.2 Å². The molecule has 1 fully saturated rings. The van der Waals surface area contributed by atoms with Gasteiger partial charge in [-0.3, -0.25) is 0 Å². The van der Waals surface area contributed by atoms with Gasteiger partial charge in [0.2, 0.25) is 0 Å². The molecule has 2 aromatic carbocycles. The van der Waals surface area contributed by atoms with Crippen LogP contribution < -0.4 is 5.32 Å². The minimum atomic E-state index is 0.436. The summed E-state index contributed by atoms with van der Waals surface area (Å²) in [5.41, 5.74) is 2.57. The Hall–Kier alpha value is -1.02. The normalized spacial score (nSPS) is 22.0. The maximum Gasteiger partial charge on any atom is 0.0439 e. The van der Waals surface area contributed by atoms with Crippen molar-refractivity contribution in [2.24, 2.45) is 5.92 Å². The van der Waals surface area contributed by atoms with E-state index in [9.17, 15) is 0 Å². The van der Waals surface area contributed by atoms with Crippen LogP contribution in [0.3, 0.4) is 0 Å². The third-order valence-corrected chi connectivity index (χ3v) is 5.01. The Bertz CT molecular complexity index is 612. The molecule has 1 saturated carbocycles. The number of halogens is 2. The summed E-state index contributed by atoms with van der Waals surface area (Å²) in [4.78, 5) is 0. The summed E-state index contributed by atoms with van der Waals surface area (Å²) >= 11 is 12.4. The highest BCUT2D eigenvalue weighted by Gasteiger charge is 2.43. The molecular weight excluding hydrogens is 301 g/mol. The van der Waals surface area contributed by atoms with E-state index < -0.39 is 0 Å². The third-order valence-electron chi connectivity index (χ3n) is 4.40. The van der Waals surface area contributed by atoms with Gasteiger partial charge in [-0.05, 0) is 61.1 Å². The summed E-state index contributed by atoms with van der Waals surface area (Å²) in [7, 11) is 2.03. The highest BCUT2D eigenvalue weighted by atomic mass is 35.5. The van der Waals surface area contributed by atoms with Crippen molar-refractivity contribution < 1.29 is 0 Å². The van der Waals surface area contributed by atoms with E-state index in [4.69, 9.17) is 23.2 Å². The standard InChI is InChI=1S/C18H19Cl2N/c1-21-18(10-13-9-14(19)7-8-17(13)20)16-11-15(16)12-5-3-2-4-6-12/h2-9,15-16,18,21H,10-11H2,1H3. The molecule has 0 radical (unpaired) electrons. The second-order valence-corrected chi connectivity index (χ2v) is 6.60. The highest BCUT2D eigenvalue weighted by Crippen LogP contribution is 2.50. The third kappa shape index (κ3) is 3.42. The maximum absolute atomic E-state index is 6.29. The fraction of sp³-hybridized carbons (Fsp3) is 0.333. The summed E-state index contributed by atoms with van der Waals surface area (Å²) in [5, 5.41) is 5.01. The van der Waals surface area contributed by atoms with Crippen molar-refractivity contribution in [3.8, 4) is 0 Å². The zero-order chi connectivity index (χ0) is 14.8. The van der Waals surface area contributed by atoms with Crippen LogP contribution in [0.15, 0.2) is 48.5 Å². The molecule has 0 amide bonds. The van der Waals surface area contributed by atoms with E-state index in [0.717, 1.165) is 22.0 Å². The second kappa shape index (κ2) is 6.39. The second-order valence-electron chi connectivity index (χ2n) is 5.75. The molecule has 110 valence electrons. The minimum absolute atomic E-state index is 0.436. The molecule has 21 heavy (non-hydrogen) atoms. The first-order valence-corrected chi connectivity index (χ1v) is 8.10. The van der Waals surface area contributed by atoms with Crippen LogP contribution in [0.1, 0.15) is 23.5 Å². The monoisotopic (exact) mass is 319 g/mol. The van der Waals surface area contributed by atoms with E-state index in [1.165, 1.54) is 12.0 Å². The average Bonchev–Trinajstić information content (AvgIpc) is 3.29. The first-order chi connectivity index (χ1) is 10.2. The van der Waals surface area contributed by atoms with E-state index >= 15 is 0 Å². The largest absolute Gasteiger partial charge is 0.316 e. The summed E-state index contributed by atoms with van der Waals surface area (Å²) in [5.74, 6) is 1.34. The van der Waals surface area contributed by atoms with Gasteiger partial charge in [-0.2, -0.15) is 0 Å². The van der Waals surface area contributed by atoms with Gasteiger partial charge in [-0.25, -0.2) is 0 Å². The van der Waals surface area contributed by atoms with E-state index in [2.05, 4.69) is 35.6 Å². The molecule has 0 saturated heterocycles. The quantitative estimate of drug-likeness (QED) is 0.824. The number of hydrogen-bond acceptors (Lipinski definition) is 1. The smallest absolute Gasteiger partial charge is 0.0439 e. The number of rotatable bonds is 5. The van der Waals surface area contributed by atoms with Gasteiger partial charge in [0.05, 0.1) is 0 Å². The van der Waals surface area contributed by atoms with E-state index in [0.29, 0.717) is 17.9 Å². The van der Waals surface area contributed by atoms with Crippen molar-refractivity contribution in [1.82, 2.24) is 5.32 Å². The van der Waals surface area contributed by atoms with Crippen LogP contribution in [-0.2, 0) is 6.42 Å². The zero-order valence-electron chi connectivity index (χ0n) is 12.0. The molecule has 3 atom stereocenters. The highest BCUT2D eigenvalue weighted by molar-refractivity contribution is 6.33. The van der Waals surface area contributed by atoms with Crippen molar-refractivity contribution in [3.63, 3.8) is 0 Å². The SMILES string of the molecule is CNC(Cc1cc(Cl)ccc1Cl)C1CC1c1ccccc1. The molecule has 1 aliphatic carbocycles. The summed E-state index contributed by atoms with van der Waals surface area (Å²) < 4.78 is 0. The van der Waals surface area contributed by atoms with Crippen molar-refractivity contribution in [1.29, 1.82) is 0 Å². The lowest BCUT2D eigenvalue weighted by molar-refractivity contribution is 0.491. The Morgan fingerprint density at radius 1 is 1.14 bits per heavy atom. The molecule has 3 unspecified atom stereocenters. The molecule has 1 nitrogen and oxygen atoms in total. The van der Waals surface area contributed by atoms with Gasteiger partial charge in [-0.1, -0.05) is 53.5 Å². The first-order valence-electron chi connectivity index (χ1n) is 7.35. The van der Waals surface area contributed by atoms with Crippen LogP contribution in [0.2, 0.25) is 10.0 Å². The Morgan fingerprint density at radius 2 is 1.90 bits per heavy atom. The molecule has 0 heterocycles. The fourth-order valence-electron chi connectivity index (χ4n) is 3.15. The maximum atomic E-state index is 6.29. The van der Waals surface area contributed by atoms with Gasteiger partial charge in [0.15, 0.2) is 0 Å². The Labute approximate surface area is 136 Å². The molecule has 1 aliphatic rings. The van der Waals surface area contributed by atoms with Crippen molar-refractivity contribution in [2.75, 3.05) is 7.05 Å². The Morgan fingerprint density at radius 3 is 2.62 bits per heavy atom. The van der Waals surface area contributed by atoms with Crippen LogP contribution in [0.25, 0.3) is 0 Å². The minimum Gasteiger partial charge on any atom is -0.316 e. The lowest BCUT2D eigenvalue weighted by Crippen LogP contribution is -2.30. The molecule has 3 rings (SSSR count). The van der Waals surface area contributed by atoms with Gasteiger partial charge in [0, 0.05) is 16.1 Å². The average molecular weight is 320 g/mol. The van der Waals surface area contributed by atoms with Crippen molar-refractivity contribution in [2.45, 2.75) is 24.8 Å². The first kappa shape index (κ1) is 14.9. The molecular formula is C18H19Cl2N. The molecule has 1 N–H and O–H groups in total. The molecule has 3 heteroatoms. The number of benzene rings is 2. The van der Waals surface area contributed by atoms with Crippen LogP contribution in [0, 0.1) is 5.92 Å². The van der Waals surface area contributed by atoms with Gasteiger partial charge in [0.1, 0.15) is 0 Å². The van der Waals surface area contributed by atoms with Crippen LogP contribution >= 0.6 is 23.2 Å². The van der Waals surface area contributed by atoms with E-state index in [1.807, 2.05) is 25.2 Å². The van der Waals surface area contributed by atoms with Gasteiger partial charge >= 0.3 is 0 Å². The predicted octanol–water partition coefficient (Wildman–Crippen LogP) is 4.93. The Kier molecular flexibility index (Phi) is 4.54. The lowest BCUT2D eigenvalue weighted by atomic mass is 9.99.